The molecule has 1 aromatic carbocycles. The van der Waals surface area contributed by atoms with Crippen molar-refractivity contribution in [1.82, 2.24) is 10.6 Å². The maximum atomic E-state index is 11.8. The zero-order chi connectivity index (χ0) is 16.7. The molecule has 0 saturated carbocycles. The lowest BCUT2D eigenvalue weighted by atomic mass is 10.1. The summed E-state index contributed by atoms with van der Waals surface area (Å²) in [5, 5.41) is 5.95. The van der Waals surface area contributed by atoms with Crippen LogP contribution in [0.15, 0.2) is 53.2 Å². The fourth-order valence-corrected chi connectivity index (χ4v) is 2.02. The molecule has 6 heteroatoms. The van der Waals surface area contributed by atoms with Gasteiger partial charge in [-0.1, -0.05) is 23.7 Å². The van der Waals surface area contributed by atoms with Gasteiger partial charge in [0.05, 0.1) is 18.8 Å². The first-order valence-electron chi connectivity index (χ1n) is 7.09. The van der Waals surface area contributed by atoms with Gasteiger partial charge in [-0.15, -0.1) is 0 Å². The second-order valence-electron chi connectivity index (χ2n) is 4.91. The minimum atomic E-state index is -0.365. The quantitative estimate of drug-likeness (QED) is 0.799. The molecule has 0 saturated heterocycles. The summed E-state index contributed by atoms with van der Waals surface area (Å²) in [7, 11) is 0. The molecule has 0 fully saturated rings. The fraction of sp³-hybridized carbons (Fsp3) is 0.176. The van der Waals surface area contributed by atoms with Gasteiger partial charge in [-0.2, -0.15) is 0 Å². The van der Waals surface area contributed by atoms with Gasteiger partial charge < -0.3 is 15.1 Å². The number of nitrogens with one attached hydrogen (secondary N) is 2. The lowest BCUT2D eigenvalue weighted by Crippen LogP contribution is -2.37. The van der Waals surface area contributed by atoms with E-state index >= 15 is 0 Å². The van der Waals surface area contributed by atoms with Gasteiger partial charge in [0, 0.05) is 11.1 Å². The molecule has 2 N–H and O–H groups in total. The minimum absolute atomic E-state index is 0.0980. The summed E-state index contributed by atoms with van der Waals surface area (Å²) >= 11 is 5.83. The number of benzene rings is 1. The molecule has 0 aliphatic heterocycles. The summed E-state index contributed by atoms with van der Waals surface area (Å²) in [6, 6.07) is 10.5. The van der Waals surface area contributed by atoms with Crippen molar-refractivity contribution in [3.63, 3.8) is 0 Å². The lowest BCUT2D eigenvalue weighted by Gasteiger charge is -2.14. The summed E-state index contributed by atoms with van der Waals surface area (Å²) in [5.41, 5.74) is 0.937. The molecule has 0 radical (unpaired) electrons. The van der Waals surface area contributed by atoms with E-state index in [4.69, 9.17) is 16.0 Å². The van der Waals surface area contributed by atoms with Gasteiger partial charge in [0.2, 0.25) is 11.8 Å². The Morgan fingerprint density at radius 2 is 2.00 bits per heavy atom. The first kappa shape index (κ1) is 16.8. The molecule has 1 atom stereocenters. The van der Waals surface area contributed by atoms with E-state index in [1.54, 1.807) is 24.3 Å². The Kier molecular flexibility index (Phi) is 6.00. The topological polar surface area (TPSA) is 71.3 Å². The molecule has 1 unspecified atom stereocenters. The predicted molar refractivity (Wildman–Crippen MR) is 88.8 cm³/mol. The number of carbonyl (C=O) groups excluding carboxylic acids is 2. The van der Waals surface area contributed by atoms with Gasteiger partial charge in [-0.3, -0.25) is 9.59 Å². The zero-order valence-electron chi connectivity index (χ0n) is 12.6. The van der Waals surface area contributed by atoms with Crippen LogP contribution in [-0.2, 0) is 9.59 Å². The number of rotatable bonds is 6. The Bertz CT molecular complexity index is 678. The van der Waals surface area contributed by atoms with Gasteiger partial charge in [-0.05, 0) is 42.8 Å². The average molecular weight is 333 g/mol. The Morgan fingerprint density at radius 3 is 2.65 bits per heavy atom. The van der Waals surface area contributed by atoms with Crippen molar-refractivity contribution < 1.29 is 14.0 Å². The van der Waals surface area contributed by atoms with E-state index in [9.17, 15) is 9.59 Å². The van der Waals surface area contributed by atoms with Gasteiger partial charge in [-0.25, -0.2) is 0 Å². The molecule has 1 aromatic heterocycles. The number of hydrogen-bond acceptors (Lipinski definition) is 3. The van der Waals surface area contributed by atoms with Crippen molar-refractivity contribution in [2.24, 2.45) is 0 Å². The first-order chi connectivity index (χ1) is 11.0. The minimum Gasteiger partial charge on any atom is -0.465 e. The van der Waals surface area contributed by atoms with Crippen LogP contribution in [0.2, 0.25) is 5.02 Å². The molecule has 2 aromatic rings. The molecule has 2 rings (SSSR count). The van der Waals surface area contributed by atoms with Crippen molar-refractivity contribution in [1.29, 1.82) is 0 Å². The number of hydrogen-bond donors (Lipinski definition) is 2. The van der Waals surface area contributed by atoms with E-state index in [-0.39, 0.29) is 24.4 Å². The van der Waals surface area contributed by atoms with Crippen LogP contribution in [0, 0.1) is 0 Å². The molecule has 0 aliphatic rings. The lowest BCUT2D eigenvalue weighted by molar-refractivity contribution is -0.124. The molecule has 0 spiro atoms. The van der Waals surface area contributed by atoms with Crippen molar-refractivity contribution in [3.05, 3.63) is 65.1 Å². The third kappa shape index (κ3) is 5.64. The highest BCUT2D eigenvalue weighted by atomic mass is 35.5. The third-order valence-electron chi connectivity index (χ3n) is 3.11. The van der Waals surface area contributed by atoms with Crippen molar-refractivity contribution in [2.45, 2.75) is 13.0 Å². The van der Waals surface area contributed by atoms with Crippen LogP contribution < -0.4 is 10.6 Å². The second-order valence-corrected chi connectivity index (χ2v) is 5.34. The molecule has 0 bridgehead atoms. The summed E-state index contributed by atoms with van der Waals surface area (Å²) in [6.07, 6.45) is 4.36. The molecule has 5 nitrogen and oxygen atoms in total. The normalized spacial score (nSPS) is 12.1. The van der Waals surface area contributed by atoms with Crippen LogP contribution in [0.1, 0.15) is 24.3 Å². The maximum Gasteiger partial charge on any atom is 0.244 e. The molecule has 23 heavy (non-hydrogen) atoms. The van der Waals surface area contributed by atoms with E-state index in [0.717, 1.165) is 5.56 Å². The van der Waals surface area contributed by atoms with Gasteiger partial charge in [0.15, 0.2) is 0 Å². The summed E-state index contributed by atoms with van der Waals surface area (Å²) < 4.78 is 5.06. The highest BCUT2D eigenvalue weighted by Crippen LogP contribution is 2.15. The van der Waals surface area contributed by atoms with Crippen LogP contribution in [0.25, 0.3) is 6.08 Å². The molecule has 2 amide bonds. The summed E-state index contributed by atoms with van der Waals surface area (Å²) in [4.78, 5) is 23.4. The van der Waals surface area contributed by atoms with E-state index in [1.807, 2.05) is 19.1 Å². The monoisotopic (exact) mass is 332 g/mol. The van der Waals surface area contributed by atoms with Crippen LogP contribution in [0.4, 0.5) is 0 Å². The Labute approximate surface area is 139 Å². The predicted octanol–water partition coefficient (Wildman–Crippen LogP) is 2.94. The third-order valence-corrected chi connectivity index (χ3v) is 3.36. The van der Waals surface area contributed by atoms with Crippen molar-refractivity contribution >= 4 is 29.5 Å². The molecule has 120 valence electrons. The smallest absolute Gasteiger partial charge is 0.244 e. The van der Waals surface area contributed by atoms with E-state index < -0.39 is 0 Å². The fourth-order valence-electron chi connectivity index (χ4n) is 1.90. The Hall–Kier alpha value is -2.53. The standard InChI is InChI=1S/C17H17ClN2O3/c1-12(13-4-6-14(18)7-5-13)20-17(22)11-19-16(21)9-8-15-3-2-10-23-15/h2-10,12H,11H2,1H3,(H,19,21)(H,20,22)/b9-8+. The van der Waals surface area contributed by atoms with Crippen molar-refractivity contribution in [3.8, 4) is 0 Å². The summed E-state index contributed by atoms with van der Waals surface area (Å²) in [6.45, 7) is 1.76. The number of furan rings is 1. The number of amides is 2. The van der Waals surface area contributed by atoms with E-state index in [1.165, 1.54) is 18.4 Å². The van der Waals surface area contributed by atoms with Crippen LogP contribution in [0.5, 0.6) is 0 Å². The number of carbonyl (C=O) groups is 2. The largest absolute Gasteiger partial charge is 0.465 e. The molecular formula is C17H17ClN2O3. The van der Waals surface area contributed by atoms with Gasteiger partial charge >= 0.3 is 0 Å². The highest BCUT2D eigenvalue weighted by Gasteiger charge is 2.10. The maximum absolute atomic E-state index is 11.8. The molecular weight excluding hydrogens is 316 g/mol. The SMILES string of the molecule is CC(NC(=O)CNC(=O)/C=C/c1ccco1)c1ccc(Cl)cc1. The van der Waals surface area contributed by atoms with E-state index in [2.05, 4.69) is 10.6 Å². The highest BCUT2D eigenvalue weighted by molar-refractivity contribution is 6.30. The van der Waals surface area contributed by atoms with Crippen molar-refractivity contribution in [2.75, 3.05) is 6.54 Å². The molecule has 1 heterocycles. The Balaban J connectivity index is 1.76. The van der Waals surface area contributed by atoms with Gasteiger partial charge in [0.1, 0.15) is 5.76 Å². The van der Waals surface area contributed by atoms with Crippen LogP contribution >= 0.6 is 11.6 Å². The number of halogens is 1. The summed E-state index contributed by atoms with van der Waals surface area (Å²) in [5.74, 6) is -0.0659. The second kappa shape index (κ2) is 8.19. The van der Waals surface area contributed by atoms with Gasteiger partial charge in [0.25, 0.3) is 0 Å². The average Bonchev–Trinajstić information content (AvgIpc) is 3.05. The molecule has 0 aliphatic carbocycles. The van der Waals surface area contributed by atoms with Crippen LogP contribution in [-0.4, -0.2) is 18.4 Å². The zero-order valence-corrected chi connectivity index (χ0v) is 13.3. The van der Waals surface area contributed by atoms with Crippen LogP contribution in [0.3, 0.4) is 0 Å². The first-order valence-corrected chi connectivity index (χ1v) is 7.46. The van der Waals surface area contributed by atoms with E-state index in [0.29, 0.717) is 10.8 Å². The Morgan fingerprint density at radius 1 is 1.26 bits per heavy atom.